The fourth-order valence-electron chi connectivity index (χ4n) is 2.73. The average molecular weight is 270 g/mol. The summed E-state index contributed by atoms with van der Waals surface area (Å²) in [6, 6.07) is 0.291. The van der Waals surface area contributed by atoms with Gasteiger partial charge in [-0.2, -0.15) is 0 Å². The second-order valence-electron chi connectivity index (χ2n) is 6.10. The fourth-order valence-corrected chi connectivity index (χ4v) is 3.11. The van der Waals surface area contributed by atoms with Gasteiger partial charge in [-0.3, -0.25) is 4.79 Å². The molecule has 1 saturated carbocycles. The molecule has 3 N–H and O–H groups in total. The van der Waals surface area contributed by atoms with Gasteiger partial charge in [0.25, 0.3) is 0 Å². The Morgan fingerprint density at radius 1 is 1.28 bits per heavy atom. The number of carbonyl (C=O) groups excluding carboxylic acids is 1. The maximum absolute atomic E-state index is 12.2. The van der Waals surface area contributed by atoms with Gasteiger partial charge >= 0.3 is 0 Å². The van der Waals surface area contributed by atoms with Gasteiger partial charge < -0.3 is 11.1 Å². The summed E-state index contributed by atoms with van der Waals surface area (Å²) in [6.45, 7) is 8.51. The number of thiocarbonyl (C=S) groups is 1. The summed E-state index contributed by atoms with van der Waals surface area (Å²) >= 11 is 5.00. The van der Waals surface area contributed by atoms with Crippen LogP contribution in [-0.2, 0) is 4.79 Å². The van der Waals surface area contributed by atoms with Crippen molar-refractivity contribution in [2.75, 3.05) is 0 Å². The molecule has 1 fully saturated rings. The number of carbonyl (C=O) groups is 1. The molecule has 18 heavy (non-hydrogen) atoms. The van der Waals surface area contributed by atoms with Crippen molar-refractivity contribution < 1.29 is 4.79 Å². The number of nitrogens with two attached hydrogens (primary N) is 1. The molecule has 1 aliphatic rings. The van der Waals surface area contributed by atoms with E-state index in [-0.39, 0.29) is 17.7 Å². The van der Waals surface area contributed by atoms with Crippen LogP contribution in [0, 0.1) is 23.7 Å². The van der Waals surface area contributed by atoms with Crippen LogP contribution in [0.3, 0.4) is 0 Å². The normalized spacial score (nSPS) is 29.9. The van der Waals surface area contributed by atoms with Crippen LogP contribution in [0.1, 0.15) is 47.0 Å². The molecule has 0 aliphatic heterocycles. The van der Waals surface area contributed by atoms with E-state index in [0.717, 1.165) is 18.8 Å². The maximum atomic E-state index is 12.2. The predicted octanol–water partition coefficient (Wildman–Crippen LogP) is 2.49. The van der Waals surface area contributed by atoms with E-state index >= 15 is 0 Å². The Kier molecular flexibility index (Phi) is 5.57. The lowest BCUT2D eigenvalue weighted by Crippen LogP contribution is -2.47. The summed E-state index contributed by atoms with van der Waals surface area (Å²) in [5.41, 5.74) is 5.66. The quantitative estimate of drug-likeness (QED) is 0.772. The molecular formula is C14H26N2OS. The molecule has 0 saturated heterocycles. The number of nitrogens with one attached hydrogen (secondary N) is 1. The Labute approximate surface area is 116 Å². The van der Waals surface area contributed by atoms with Crippen molar-refractivity contribution in [3.8, 4) is 0 Å². The molecule has 1 amide bonds. The van der Waals surface area contributed by atoms with Crippen LogP contribution in [0.25, 0.3) is 0 Å². The second kappa shape index (κ2) is 6.50. The van der Waals surface area contributed by atoms with Gasteiger partial charge in [0.2, 0.25) is 5.91 Å². The highest BCUT2D eigenvalue weighted by Gasteiger charge is 2.30. The van der Waals surface area contributed by atoms with E-state index in [0.29, 0.717) is 16.9 Å². The van der Waals surface area contributed by atoms with E-state index in [4.69, 9.17) is 18.0 Å². The topological polar surface area (TPSA) is 55.1 Å². The third-order valence-corrected chi connectivity index (χ3v) is 4.45. The van der Waals surface area contributed by atoms with Crippen molar-refractivity contribution in [2.24, 2.45) is 29.4 Å². The number of hydrogen-bond acceptors (Lipinski definition) is 2. The molecule has 0 aromatic rings. The van der Waals surface area contributed by atoms with Crippen molar-refractivity contribution in [2.45, 2.75) is 53.0 Å². The van der Waals surface area contributed by atoms with Crippen LogP contribution < -0.4 is 11.1 Å². The van der Waals surface area contributed by atoms with Crippen LogP contribution in [0.15, 0.2) is 0 Å². The highest BCUT2D eigenvalue weighted by Crippen LogP contribution is 2.29. The lowest BCUT2D eigenvalue weighted by Gasteiger charge is -2.33. The first kappa shape index (κ1) is 15.4. The molecule has 0 heterocycles. The maximum Gasteiger partial charge on any atom is 0.230 e. The molecule has 4 atom stereocenters. The van der Waals surface area contributed by atoms with Gasteiger partial charge in [-0.05, 0) is 37.0 Å². The lowest BCUT2D eigenvalue weighted by atomic mass is 9.79. The van der Waals surface area contributed by atoms with Crippen LogP contribution in [0.5, 0.6) is 0 Å². The van der Waals surface area contributed by atoms with Crippen molar-refractivity contribution in [3.05, 3.63) is 0 Å². The minimum absolute atomic E-state index is 0.00394. The molecule has 0 bridgehead atoms. The Morgan fingerprint density at radius 3 is 2.33 bits per heavy atom. The molecule has 0 aromatic heterocycles. The van der Waals surface area contributed by atoms with Crippen LogP contribution in [-0.4, -0.2) is 16.9 Å². The molecule has 0 aromatic carbocycles. The van der Waals surface area contributed by atoms with Crippen LogP contribution >= 0.6 is 12.2 Å². The zero-order chi connectivity index (χ0) is 13.9. The van der Waals surface area contributed by atoms with E-state index in [9.17, 15) is 4.79 Å². The highest BCUT2D eigenvalue weighted by molar-refractivity contribution is 7.80. The number of hydrogen-bond donors (Lipinski definition) is 2. The molecule has 104 valence electrons. The van der Waals surface area contributed by atoms with Gasteiger partial charge in [0.05, 0.1) is 10.9 Å². The molecule has 1 rings (SSSR count). The predicted molar refractivity (Wildman–Crippen MR) is 79.2 cm³/mol. The Hall–Kier alpha value is -0.640. The first-order chi connectivity index (χ1) is 8.32. The highest BCUT2D eigenvalue weighted by atomic mass is 32.1. The standard InChI is InChI=1S/C14H26N2OS/c1-8(2)12(13(15)18)14(17)16-11-6-5-9(3)10(4)7-11/h8-12H,5-7H2,1-4H3,(H2,15,18)(H,16,17). The fraction of sp³-hybridized carbons (Fsp3) is 0.857. The third kappa shape index (κ3) is 3.94. The van der Waals surface area contributed by atoms with E-state index in [2.05, 4.69) is 19.2 Å². The minimum Gasteiger partial charge on any atom is -0.393 e. The van der Waals surface area contributed by atoms with E-state index in [1.54, 1.807) is 0 Å². The first-order valence-corrected chi connectivity index (χ1v) is 7.33. The van der Waals surface area contributed by atoms with E-state index in [1.165, 1.54) is 6.42 Å². The SMILES string of the molecule is CC(C)C(C(=O)NC1CCC(C)C(C)C1)C(N)=S. The van der Waals surface area contributed by atoms with Crippen LogP contribution in [0.2, 0.25) is 0 Å². The molecule has 0 radical (unpaired) electrons. The first-order valence-electron chi connectivity index (χ1n) is 6.92. The minimum atomic E-state index is -0.338. The number of amides is 1. The van der Waals surface area contributed by atoms with Gasteiger partial charge in [-0.25, -0.2) is 0 Å². The van der Waals surface area contributed by atoms with E-state index < -0.39 is 0 Å². The van der Waals surface area contributed by atoms with Crippen molar-refractivity contribution in [1.29, 1.82) is 0 Å². The van der Waals surface area contributed by atoms with Gasteiger partial charge in [-0.15, -0.1) is 0 Å². The Balaban J connectivity index is 2.56. The summed E-state index contributed by atoms with van der Waals surface area (Å²) < 4.78 is 0. The Bertz CT molecular complexity index is 317. The van der Waals surface area contributed by atoms with E-state index in [1.807, 2.05) is 13.8 Å². The summed E-state index contributed by atoms with van der Waals surface area (Å²) in [5, 5.41) is 3.13. The van der Waals surface area contributed by atoms with Crippen molar-refractivity contribution in [3.63, 3.8) is 0 Å². The van der Waals surface area contributed by atoms with Crippen molar-refractivity contribution in [1.82, 2.24) is 5.32 Å². The van der Waals surface area contributed by atoms with Gasteiger partial charge in [0.1, 0.15) is 0 Å². The third-order valence-electron chi connectivity index (χ3n) is 4.20. The molecule has 1 aliphatic carbocycles. The van der Waals surface area contributed by atoms with Gasteiger partial charge in [0.15, 0.2) is 0 Å². The monoisotopic (exact) mass is 270 g/mol. The molecular weight excluding hydrogens is 244 g/mol. The molecule has 4 unspecified atom stereocenters. The van der Waals surface area contributed by atoms with Gasteiger partial charge in [-0.1, -0.05) is 39.9 Å². The zero-order valence-corrected chi connectivity index (χ0v) is 12.7. The Morgan fingerprint density at radius 2 is 1.89 bits per heavy atom. The lowest BCUT2D eigenvalue weighted by molar-refractivity contribution is -0.125. The smallest absolute Gasteiger partial charge is 0.230 e. The van der Waals surface area contributed by atoms with Crippen molar-refractivity contribution >= 4 is 23.1 Å². The second-order valence-corrected chi connectivity index (χ2v) is 6.57. The number of rotatable bonds is 4. The van der Waals surface area contributed by atoms with Crippen LogP contribution in [0.4, 0.5) is 0 Å². The summed E-state index contributed by atoms with van der Waals surface area (Å²) in [7, 11) is 0. The summed E-state index contributed by atoms with van der Waals surface area (Å²) in [5.74, 6) is 1.25. The summed E-state index contributed by atoms with van der Waals surface area (Å²) in [6.07, 6.45) is 3.32. The zero-order valence-electron chi connectivity index (χ0n) is 11.9. The largest absolute Gasteiger partial charge is 0.393 e. The van der Waals surface area contributed by atoms with Gasteiger partial charge in [0, 0.05) is 6.04 Å². The summed E-state index contributed by atoms with van der Waals surface area (Å²) in [4.78, 5) is 12.5. The molecule has 3 nitrogen and oxygen atoms in total. The molecule has 0 spiro atoms. The average Bonchev–Trinajstić information content (AvgIpc) is 2.22. The molecule has 4 heteroatoms.